The fourth-order valence-electron chi connectivity index (χ4n) is 3.60. The zero-order valence-electron chi connectivity index (χ0n) is 15.1. The molecule has 2 atom stereocenters. The number of aromatic nitrogens is 1. The van der Waals surface area contributed by atoms with Crippen molar-refractivity contribution >= 4 is 28.5 Å². The molecule has 2 heterocycles. The number of carbonyl (C=O) groups is 2. The van der Waals surface area contributed by atoms with Gasteiger partial charge in [0.15, 0.2) is 6.54 Å². The third kappa shape index (κ3) is 3.69. The molecule has 1 aromatic heterocycles. The van der Waals surface area contributed by atoms with Gasteiger partial charge in [0.05, 0.1) is 25.4 Å². The van der Waals surface area contributed by atoms with Gasteiger partial charge in [-0.3, -0.25) is 4.79 Å². The van der Waals surface area contributed by atoms with Crippen LogP contribution in [0.2, 0.25) is 0 Å². The first-order chi connectivity index (χ1) is 12.0. The molecule has 1 aliphatic rings. The Kier molecular flexibility index (Phi) is 5.08. The number of piperidine rings is 1. The van der Waals surface area contributed by atoms with E-state index in [2.05, 4.69) is 17.2 Å². The van der Waals surface area contributed by atoms with Crippen molar-refractivity contribution in [1.82, 2.24) is 4.98 Å². The molecule has 2 aromatic rings. The zero-order valence-corrected chi connectivity index (χ0v) is 15.1. The maximum Gasteiger partial charge on any atom is 0.356 e. The molecule has 1 saturated heterocycles. The first-order valence-electron chi connectivity index (χ1n) is 8.84. The van der Waals surface area contributed by atoms with Gasteiger partial charge in [-0.15, -0.1) is 0 Å². The molecule has 0 bridgehead atoms. The highest BCUT2D eigenvalue weighted by molar-refractivity contribution is 6.11. The third-order valence-electron chi connectivity index (χ3n) is 5.08. The van der Waals surface area contributed by atoms with Gasteiger partial charge in [0.1, 0.15) is 5.69 Å². The van der Waals surface area contributed by atoms with Crippen LogP contribution < -0.4 is 10.2 Å². The molecule has 6 heteroatoms. The van der Waals surface area contributed by atoms with Crippen LogP contribution in [0.5, 0.6) is 0 Å². The van der Waals surface area contributed by atoms with E-state index in [9.17, 15) is 9.59 Å². The van der Waals surface area contributed by atoms with Crippen LogP contribution in [0.3, 0.4) is 0 Å². The number of aromatic amines is 1. The Morgan fingerprint density at radius 1 is 1.36 bits per heavy atom. The molecule has 6 nitrogen and oxygen atoms in total. The standard InChI is InChI=1S/C19H25N3O3/c1-12-7-8-14-15(10-12)20-18(19(24)25-3)17(14)21-16(23)11-22-9-5-4-6-13(22)2/h7-8,10,13,20H,4-6,9,11H2,1-3H3,(H,21,23)/p+1/t13-/m0/s1. The van der Waals surface area contributed by atoms with Crippen LogP contribution in [0, 0.1) is 6.92 Å². The van der Waals surface area contributed by atoms with Crippen LogP contribution >= 0.6 is 0 Å². The number of amides is 1. The Hall–Kier alpha value is -2.34. The topological polar surface area (TPSA) is 75.6 Å². The summed E-state index contributed by atoms with van der Waals surface area (Å²) in [4.78, 5) is 29.1. The van der Waals surface area contributed by atoms with Crippen molar-refractivity contribution in [3.05, 3.63) is 29.5 Å². The van der Waals surface area contributed by atoms with Crippen molar-refractivity contribution in [2.75, 3.05) is 25.5 Å². The number of quaternary nitrogens is 1. The molecule has 25 heavy (non-hydrogen) atoms. The van der Waals surface area contributed by atoms with Crippen molar-refractivity contribution < 1.29 is 19.2 Å². The SMILES string of the molecule is COC(=O)c1[nH]c2cc(C)ccc2c1NC(=O)C[NH+]1CCCC[C@@H]1C. The Labute approximate surface area is 147 Å². The number of hydrogen-bond acceptors (Lipinski definition) is 3. The summed E-state index contributed by atoms with van der Waals surface area (Å²) in [6.07, 6.45) is 3.55. The highest BCUT2D eigenvalue weighted by Gasteiger charge is 2.26. The van der Waals surface area contributed by atoms with Gasteiger partial charge in [0, 0.05) is 10.9 Å². The summed E-state index contributed by atoms with van der Waals surface area (Å²) in [6.45, 7) is 5.61. The van der Waals surface area contributed by atoms with Crippen molar-refractivity contribution in [3.8, 4) is 0 Å². The van der Waals surface area contributed by atoms with E-state index in [1.54, 1.807) is 0 Å². The number of H-pyrrole nitrogens is 1. The molecule has 0 aliphatic carbocycles. The Bertz CT molecular complexity index is 797. The van der Waals surface area contributed by atoms with E-state index in [4.69, 9.17) is 4.74 Å². The number of methoxy groups -OCH3 is 1. The Balaban J connectivity index is 1.86. The lowest BCUT2D eigenvalue weighted by Crippen LogP contribution is -3.17. The second kappa shape index (κ2) is 7.27. The molecular formula is C19H26N3O3+. The monoisotopic (exact) mass is 344 g/mol. The van der Waals surface area contributed by atoms with E-state index in [-0.39, 0.29) is 11.6 Å². The Morgan fingerprint density at radius 3 is 2.88 bits per heavy atom. The summed E-state index contributed by atoms with van der Waals surface area (Å²) in [5.41, 5.74) is 2.69. The minimum absolute atomic E-state index is 0.0737. The van der Waals surface area contributed by atoms with Gasteiger partial charge in [-0.25, -0.2) is 4.79 Å². The largest absolute Gasteiger partial charge is 0.464 e. The number of fused-ring (bicyclic) bond motifs is 1. The normalized spacial score (nSPS) is 20.4. The fourth-order valence-corrected chi connectivity index (χ4v) is 3.60. The lowest BCUT2D eigenvalue weighted by molar-refractivity contribution is -0.920. The zero-order chi connectivity index (χ0) is 18.0. The number of esters is 1. The molecule has 0 spiro atoms. The number of hydrogen-bond donors (Lipinski definition) is 3. The molecule has 3 rings (SSSR count). The molecular weight excluding hydrogens is 318 g/mol. The summed E-state index contributed by atoms with van der Waals surface area (Å²) < 4.78 is 4.86. The summed E-state index contributed by atoms with van der Waals surface area (Å²) in [6, 6.07) is 6.32. The average molecular weight is 344 g/mol. The molecule has 1 aromatic carbocycles. The van der Waals surface area contributed by atoms with Gasteiger partial charge in [0.25, 0.3) is 5.91 Å². The molecule has 1 amide bonds. The molecule has 1 aliphatic heterocycles. The summed E-state index contributed by atoms with van der Waals surface area (Å²) in [5, 5.41) is 3.76. The van der Waals surface area contributed by atoms with Crippen LogP contribution in [-0.2, 0) is 9.53 Å². The van der Waals surface area contributed by atoms with Crippen molar-refractivity contribution in [2.24, 2.45) is 0 Å². The van der Waals surface area contributed by atoms with Gasteiger partial charge in [-0.1, -0.05) is 12.1 Å². The Morgan fingerprint density at radius 2 is 2.16 bits per heavy atom. The fraction of sp³-hybridized carbons (Fsp3) is 0.474. The summed E-state index contributed by atoms with van der Waals surface area (Å²) in [5.74, 6) is -0.557. The smallest absolute Gasteiger partial charge is 0.356 e. The van der Waals surface area contributed by atoms with Gasteiger partial charge >= 0.3 is 5.97 Å². The second-order valence-electron chi connectivity index (χ2n) is 6.95. The molecule has 0 radical (unpaired) electrons. The lowest BCUT2D eigenvalue weighted by atomic mass is 10.0. The van der Waals surface area contributed by atoms with Crippen LogP contribution in [0.1, 0.15) is 42.2 Å². The summed E-state index contributed by atoms with van der Waals surface area (Å²) in [7, 11) is 1.34. The maximum atomic E-state index is 12.6. The van der Waals surface area contributed by atoms with E-state index >= 15 is 0 Å². The molecule has 1 unspecified atom stereocenters. The molecule has 134 valence electrons. The van der Waals surface area contributed by atoms with Crippen molar-refractivity contribution in [2.45, 2.75) is 39.2 Å². The van der Waals surface area contributed by atoms with E-state index < -0.39 is 5.97 Å². The van der Waals surface area contributed by atoms with Crippen molar-refractivity contribution in [1.29, 1.82) is 0 Å². The number of anilines is 1. The number of carbonyl (C=O) groups excluding carboxylic acids is 2. The second-order valence-corrected chi connectivity index (χ2v) is 6.95. The molecule has 0 saturated carbocycles. The number of nitrogens with one attached hydrogen (secondary N) is 3. The molecule has 1 fully saturated rings. The maximum absolute atomic E-state index is 12.6. The van der Waals surface area contributed by atoms with Crippen LogP contribution in [0.4, 0.5) is 5.69 Å². The minimum Gasteiger partial charge on any atom is -0.464 e. The number of benzene rings is 1. The van der Waals surface area contributed by atoms with Gasteiger partial charge < -0.3 is 19.9 Å². The first-order valence-corrected chi connectivity index (χ1v) is 8.84. The number of rotatable bonds is 4. The van der Waals surface area contributed by atoms with Crippen molar-refractivity contribution in [3.63, 3.8) is 0 Å². The van der Waals surface area contributed by atoms with Crippen LogP contribution in [0.15, 0.2) is 18.2 Å². The minimum atomic E-state index is -0.483. The first kappa shape index (κ1) is 17.5. The number of ether oxygens (including phenoxy) is 1. The predicted octanol–water partition coefficient (Wildman–Crippen LogP) is 1.66. The highest BCUT2D eigenvalue weighted by Crippen LogP contribution is 2.29. The average Bonchev–Trinajstić information content (AvgIpc) is 2.93. The van der Waals surface area contributed by atoms with Crippen LogP contribution in [-0.4, -0.2) is 43.1 Å². The highest BCUT2D eigenvalue weighted by atomic mass is 16.5. The van der Waals surface area contributed by atoms with E-state index in [0.717, 1.165) is 35.9 Å². The van der Waals surface area contributed by atoms with Gasteiger partial charge in [0.2, 0.25) is 0 Å². The quantitative estimate of drug-likeness (QED) is 0.739. The predicted molar refractivity (Wildman–Crippen MR) is 97.0 cm³/mol. The van der Waals surface area contributed by atoms with E-state index in [0.29, 0.717) is 18.3 Å². The third-order valence-corrected chi connectivity index (χ3v) is 5.08. The molecule has 3 N–H and O–H groups in total. The van der Waals surface area contributed by atoms with Gasteiger partial charge in [-0.05, 0) is 44.7 Å². The van der Waals surface area contributed by atoms with E-state index in [1.807, 2.05) is 25.1 Å². The van der Waals surface area contributed by atoms with Gasteiger partial charge in [-0.2, -0.15) is 0 Å². The lowest BCUT2D eigenvalue weighted by Gasteiger charge is -2.29. The summed E-state index contributed by atoms with van der Waals surface area (Å²) >= 11 is 0. The number of aryl methyl sites for hydroxylation is 1. The number of likely N-dealkylation sites (tertiary alicyclic amines) is 1. The van der Waals surface area contributed by atoms with E-state index in [1.165, 1.54) is 18.4 Å². The van der Waals surface area contributed by atoms with Crippen LogP contribution in [0.25, 0.3) is 10.9 Å².